The first-order valence-electron chi connectivity index (χ1n) is 9.80. The van der Waals surface area contributed by atoms with Crippen molar-refractivity contribution in [2.24, 2.45) is 0 Å². The van der Waals surface area contributed by atoms with Crippen molar-refractivity contribution >= 4 is 5.91 Å². The normalized spacial score (nSPS) is 15.4. The van der Waals surface area contributed by atoms with Gasteiger partial charge in [0.1, 0.15) is 5.82 Å². The van der Waals surface area contributed by atoms with Gasteiger partial charge in [0, 0.05) is 12.2 Å². The molecule has 0 spiro atoms. The van der Waals surface area contributed by atoms with Gasteiger partial charge in [-0.1, -0.05) is 30.3 Å². The summed E-state index contributed by atoms with van der Waals surface area (Å²) in [5.74, 6) is 0.842. The van der Waals surface area contributed by atoms with Crippen LogP contribution in [0.2, 0.25) is 0 Å². The Balaban J connectivity index is 1.74. The predicted octanol–water partition coefficient (Wildman–Crippen LogP) is 3.95. The predicted molar refractivity (Wildman–Crippen MR) is 111 cm³/mol. The van der Waals surface area contributed by atoms with Crippen molar-refractivity contribution in [3.8, 4) is 11.5 Å². The quantitative estimate of drug-likeness (QED) is 0.644. The molecule has 0 saturated carbocycles. The Labute approximate surface area is 175 Å². The second-order valence-corrected chi connectivity index (χ2v) is 7.20. The molecule has 30 heavy (non-hydrogen) atoms. The number of benzene rings is 2. The zero-order chi connectivity index (χ0) is 21.1. The van der Waals surface area contributed by atoms with Gasteiger partial charge in [-0.2, -0.15) is 0 Å². The maximum Gasteiger partial charge on any atom is 0.229 e. The number of hydrogen-bond donors (Lipinski definition) is 0. The van der Waals surface area contributed by atoms with Crippen molar-refractivity contribution in [2.75, 3.05) is 20.8 Å². The lowest BCUT2D eigenvalue weighted by atomic mass is 9.87. The zero-order valence-electron chi connectivity index (χ0n) is 17.0. The van der Waals surface area contributed by atoms with Crippen LogP contribution < -0.4 is 9.47 Å². The minimum atomic E-state index is -0.415. The summed E-state index contributed by atoms with van der Waals surface area (Å²) in [5, 5.41) is 0. The van der Waals surface area contributed by atoms with Crippen LogP contribution in [0.5, 0.6) is 11.5 Å². The van der Waals surface area contributed by atoms with Crippen molar-refractivity contribution in [1.29, 1.82) is 0 Å². The van der Waals surface area contributed by atoms with Crippen LogP contribution in [-0.4, -0.2) is 36.6 Å². The standard InChI is InChI=1S/C24H23FN2O3/c1-29-21-12-17-10-11-27(23(28)13-19-9-8-18(25)15-26-19)24(16-6-4-3-5-7-16)20(17)14-22(21)30-2/h3-9,12,14-15,24H,10-11,13H2,1-2H3/t24-/m0/s1. The Morgan fingerprint density at radius 1 is 1.10 bits per heavy atom. The summed E-state index contributed by atoms with van der Waals surface area (Å²) in [6, 6.07) is 16.5. The molecule has 1 aromatic heterocycles. The van der Waals surface area contributed by atoms with E-state index in [1.807, 2.05) is 47.4 Å². The van der Waals surface area contributed by atoms with Crippen LogP contribution in [0, 0.1) is 5.82 Å². The molecule has 5 nitrogen and oxygen atoms in total. The van der Waals surface area contributed by atoms with Gasteiger partial charge in [-0.05, 0) is 47.4 Å². The number of pyridine rings is 1. The number of methoxy groups -OCH3 is 2. The van der Waals surface area contributed by atoms with Gasteiger partial charge in [0.05, 0.1) is 32.9 Å². The fraction of sp³-hybridized carbons (Fsp3) is 0.250. The fourth-order valence-electron chi connectivity index (χ4n) is 3.98. The van der Waals surface area contributed by atoms with Crippen LogP contribution in [0.15, 0.2) is 60.8 Å². The molecule has 1 aliphatic heterocycles. The Bertz CT molecular complexity index is 1040. The lowest BCUT2D eigenvalue weighted by Crippen LogP contribution is -2.41. The highest BCUT2D eigenvalue weighted by Crippen LogP contribution is 2.41. The van der Waals surface area contributed by atoms with Crippen molar-refractivity contribution in [3.63, 3.8) is 0 Å². The van der Waals surface area contributed by atoms with E-state index in [1.165, 1.54) is 6.07 Å². The van der Waals surface area contributed by atoms with Gasteiger partial charge in [0.25, 0.3) is 0 Å². The molecule has 0 saturated heterocycles. The van der Waals surface area contributed by atoms with E-state index in [4.69, 9.17) is 9.47 Å². The Morgan fingerprint density at radius 2 is 1.83 bits per heavy atom. The number of nitrogens with zero attached hydrogens (tertiary/aromatic N) is 2. The lowest BCUT2D eigenvalue weighted by Gasteiger charge is -2.38. The first-order valence-corrected chi connectivity index (χ1v) is 9.80. The molecule has 4 rings (SSSR count). The molecular weight excluding hydrogens is 383 g/mol. The Morgan fingerprint density at radius 3 is 2.50 bits per heavy atom. The molecule has 0 N–H and O–H groups in total. The molecule has 0 fully saturated rings. The molecule has 0 aliphatic carbocycles. The number of rotatable bonds is 5. The number of amides is 1. The average molecular weight is 406 g/mol. The smallest absolute Gasteiger partial charge is 0.229 e. The summed E-state index contributed by atoms with van der Waals surface area (Å²) in [6.07, 6.45) is 1.97. The molecule has 3 aromatic rings. The van der Waals surface area contributed by atoms with E-state index in [9.17, 15) is 9.18 Å². The van der Waals surface area contributed by atoms with Crippen molar-refractivity contribution in [2.45, 2.75) is 18.9 Å². The highest BCUT2D eigenvalue weighted by molar-refractivity contribution is 5.80. The highest BCUT2D eigenvalue weighted by Gasteiger charge is 2.33. The number of hydrogen-bond acceptors (Lipinski definition) is 4. The van der Waals surface area contributed by atoms with E-state index in [2.05, 4.69) is 4.98 Å². The van der Waals surface area contributed by atoms with E-state index >= 15 is 0 Å². The lowest BCUT2D eigenvalue weighted by molar-refractivity contribution is -0.132. The minimum absolute atomic E-state index is 0.0524. The van der Waals surface area contributed by atoms with Crippen LogP contribution in [0.4, 0.5) is 4.39 Å². The molecule has 2 heterocycles. The Hall–Kier alpha value is -3.41. The van der Waals surface area contributed by atoms with Gasteiger partial charge >= 0.3 is 0 Å². The summed E-state index contributed by atoms with van der Waals surface area (Å²) in [6.45, 7) is 0.572. The number of halogens is 1. The number of fused-ring (bicyclic) bond motifs is 1. The summed E-state index contributed by atoms with van der Waals surface area (Å²) in [7, 11) is 3.22. The molecule has 1 amide bonds. The minimum Gasteiger partial charge on any atom is -0.493 e. The third kappa shape index (κ3) is 3.85. The van der Waals surface area contributed by atoms with Crippen LogP contribution >= 0.6 is 0 Å². The van der Waals surface area contributed by atoms with E-state index in [0.29, 0.717) is 30.2 Å². The fourth-order valence-corrected chi connectivity index (χ4v) is 3.98. The second kappa shape index (κ2) is 8.53. The van der Waals surface area contributed by atoms with Gasteiger partial charge in [0.15, 0.2) is 11.5 Å². The van der Waals surface area contributed by atoms with Crippen LogP contribution in [0.3, 0.4) is 0 Å². The summed E-state index contributed by atoms with van der Waals surface area (Å²) in [4.78, 5) is 19.2. The van der Waals surface area contributed by atoms with Crippen molar-refractivity contribution < 1.29 is 18.7 Å². The molecule has 154 valence electrons. The average Bonchev–Trinajstić information content (AvgIpc) is 2.79. The maximum absolute atomic E-state index is 13.3. The Kier molecular flexibility index (Phi) is 5.65. The molecular formula is C24H23FN2O3. The third-order valence-electron chi connectivity index (χ3n) is 5.43. The largest absolute Gasteiger partial charge is 0.493 e. The van der Waals surface area contributed by atoms with E-state index in [-0.39, 0.29) is 18.4 Å². The summed E-state index contributed by atoms with van der Waals surface area (Å²) < 4.78 is 24.2. The summed E-state index contributed by atoms with van der Waals surface area (Å²) in [5.41, 5.74) is 3.72. The number of carbonyl (C=O) groups excluding carboxylic acids is 1. The molecule has 0 bridgehead atoms. The number of ether oxygens (including phenoxy) is 2. The molecule has 1 aliphatic rings. The van der Waals surface area contributed by atoms with Crippen molar-refractivity contribution in [3.05, 3.63) is 89.0 Å². The van der Waals surface area contributed by atoms with Crippen LogP contribution in [0.25, 0.3) is 0 Å². The van der Waals surface area contributed by atoms with Gasteiger partial charge in [-0.25, -0.2) is 4.39 Å². The molecule has 0 radical (unpaired) electrons. The highest BCUT2D eigenvalue weighted by atomic mass is 19.1. The molecule has 2 aromatic carbocycles. The van der Waals surface area contributed by atoms with Crippen LogP contribution in [0.1, 0.15) is 28.4 Å². The van der Waals surface area contributed by atoms with Gasteiger partial charge in [-0.3, -0.25) is 9.78 Å². The SMILES string of the molecule is COc1cc2c(cc1OC)[C@H](c1ccccc1)N(C(=O)Cc1ccc(F)cn1)CC2. The van der Waals surface area contributed by atoms with E-state index in [1.54, 1.807) is 20.3 Å². The molecule has 1 atom stereocenters. The monoisotopic (exact) mass is 406 g/mol. The van der Waals surface area contributed by atoms with Gasteiger partial charge < -0.3 is 14.4 Å². The van der Waals surface area contributed by atoms with E-state index < -0.39 is 5.82 Å². The first kappa shape index (κ1) is 19.9. The molecule has 6 heteroatoms. The number of carbonyl (C=O) groups is 1. The number of aromatic nitrogens is 1. The zero-order valence-corrected chi connectivity index (χ0v) is 17.0. The van der Waals surface area contributed by atoms with Crippen LogP contribution in [-0.2, 0) is 17.6 Å². The first-order chi connectivity index (χ1) is 14.6. The second-order valence-electron chi connectivity index (χ2n) is 7.20. The topological polar surface area (TPSA) is 51.7 Å². The van der Waals surface area contributed by atoms with Gasteiger partial charge in [0.2, 0.25) is 5.91 Å². The summed E-state index contributed by atoms with van der Waals surface area (Å²) >= 11 is 0. The van der Waals surface area contributed by atoms with Gasteiger partial charge in [-0.15, -0.1) is 0 Å². The third-order valence-corrected chi connectivity index (χ3v) is 5.43. The molecule has 0 unspecified atom stereocenters. The van der Waals surface area contributed by atoms with Crippen molar-refractivity contribution in [1.82, 2.24) is 9.88 Å². The van der Waals surface area contributed by atoms with E-state index in [0.717, 1.165) is 22.9 Å². The maximum atomic E-state index is 13.3.